The fourth-order valence-electron chi connectivity index (χ4n) is 3.26. The molecule has 32 heavy (non-hydrogen) atoms. The minimum Gasteiger partial charge on any atom is -0.378 e. The van der Waals surface area contributed by atoms with Crippen molar-refractivity contribution < 1.29 is 4.79 Å². The predicted octanol–water partition coefficient (Wildman–Crippen LogP) is 3.07. The van der Waals surface area contributed by atoms with E-state index in [1.807, 2.05) is 44.4 Å². The number of hydrogen-bond donors (Lipinski definition) is 1. The smallest absolute Gasteiger partial charge is 0.225 e. The minimum atomic E-state index is -0.0712. The van der Waals surface area contributed by atoms with E-state index < -0.39 is 0 Å². The molecule has 0 saturated carbocycles. The number of tetrazole rings is 1. The van der Waals surface area contributed by atoms with Crippen molar-refractivity contribution in [3.8, 4) is 11.4 Å². The Morgan fingerprint density at radius 3 is 2.56 bits per heavy atom. The molecule has 0 aliphatic heterocycles. The second kappa shape index (κ2) is 9.86. The number of anilines is 2. The topological polar surface area (TPSA) is 93.8 Å². The molecule has 0 radical (unpaired) electrons. The SMILES string of the molecule is CN(C)c1ccc(Cn2nccc2NC(=O)CCCn2nnc(-c3ccccc3)n2)cc1. The number of amides is 1. The highest BCUT2D eigenvalue weighted by atomic mass is 16.1. The van der Waals surface area contributed by atoms with Gasteiger partial charge in [-0.15, -0.1) is 10.2 Å². The highest BCUT2D eigenvalue weighted by molar-refractivity contribution is 5.89. The van der Waals surface area contributed by atoms with Crippen LogP contribution in [0.3, 0.4) is 0 Å². The van der Waals surface area contributed by atoms with Crippen LogP contribution in [0.15, 0.2) is 66.9 Å². The van der Waals surface area contributed by atoms with E-state index >= 15 is 0 Å². The van der Waals surface area contributed by atoms with Gasteiger partial charge in [-0.3, -0.25) is 4.79 Å². The van der Waals surface area contributed by atoms with Gasteiger partial charge in [0.15, 0.2) is 0 Å². The lowest BCUT2D eigenvalue weighted by Gasteiger charge is -2.13. The number of aryl methyl sites for hydroxylation is 1. The number of carbonyl (C=O) groups excluding carboxylic acids is 1. The number of benzene rings is 2. The van der Waals surface area contributed by atoms with Gasteiger partial charge in [0.2, 0.25) is 11.7 Å². The molecule has 1 amide bonds. The molecule has 2 aromatic heterocycles. The summed E-state index contributed by atoms with van der Waals surface area (Å²) in [7, 11) is 4.02. The van der Waals surface area contributed by atoms with Gasteiger partial charge >= 0.3 is 0 Å². The molecule has 9 nitrogen and oxygen atoms in total. The maximum atomic E-state index is 12.4. The number of carbonyl (C=O) groups is 1. The summed E-state index contributed by atoms with van der Waals surface area (Å²) in [6.07, 6.45) is 2.65. The minimum absolute atomic E-state index is 0.0712. The molecule has 0 saturated heterocycles. The van der Waals surface area contributed by atoms with Crippen molar-refractivity contribution >= 4 is 17.4 Å². The molecular formula is C23H26N8O. The van der Waals surface area contributed by atoms with E-state index in [2.05, 4.69) is 55.0 Å². The number of nitrogens with one attached hydrogen (secondary N) is 1. The monoisotopic (exact) mass is 430 g/mol. The average molecular weight is 431 g/mol. The highest BCUT2D eigenvalue weighted by Crippen LogP contribution is 2.16. The van der Waals surface area contributed by atoms with Crippen molar-refractivity contribution in [1.82, 2.24) is 30.0 Å². The first-order valence-corrected chi connectivity index (χ1v) is 10.5. The van der Waals surface area contributed by atoms with Crippen LogP contribution in [0.1, 0.15) is 18.4 Å². The third kappa shape index (κ3) is 5.37. The van der Waals surface area contributed by atoms with Crippen LogP contribution in [-0.4, -0.2) is 50.0 Å². The van der Waals surface area contributed by atoms with Gasteiger partial charge in [0.05, 0.1) is 19.3 Å². The molecule has 164 valence electrons. The van der Waals surface area contributed by atoms with Crippen LogP contribution in [0.2, 0.25) is 0 Å². The molecule has 0 aliphatic rings. The summed E-state index contributed by atoms with van der Waals surface area (Å²) < 4.78 is 1.79. The Morgan fingerprint density at radius 2 is 1.81 bits per heavy atom. The second-order valence-electron chi connectivity index (χ2n) is 7.66. The van der Waals surface area contributed by atoms with E-state index in [0.717, 1.165) is 16.8 Å². The lowest BCUT2D eigenvalue weighted by atomic mass is 10.2. The first-order valence-electron chi connectivity index (χ1n) is 10.5. The molecule has 2 heterocycles. The lowest BCUT2D eigenvalue weighted by molar-refractivity contribution is -0.116. The molecule has 0 fully saturated rings. The van der Waals surface area contributed by atoms with Gasteiger partial charge in [0.25, 0.3) is 0 Å². The molecule has 0 atom stereocenters. The Morgan fingerprint density at radius 1 is 1.03 bits per heavy atom. The summed E-state index contributed by atoms with van der Waals surface area (Å²) in [5.74, 6) is 1.19. The van der Waals surface area contributed by atoms with E-state index in [-0.39, 0.29) is 5.91 Å². The Balaban J connectivity index is 1.27. The molecule has 0 aliphatic carbocycles. The van der Waals surface area contributed by atoms with E-state index in [9.17, 15) is 4.79 Å². The largest absolute Gasteiger partial charge is 0.378 e. The van der Waals surface area contributed by atoms with E-state index in [1.54, 1.807) is 16.9 Å². The summed E-state index contributed by atoms with van der Waals surface area (Å²) in [4.78, 5) is 16.0. The van der Waals surface area contributed by atoms with Crippen molar-refractivity contribution in [3.05, 3.63) is 72.4 Å². The Bertz CT molecular complexity index is 1150. The van der Waals surface area contributed by atoms with Crippen molar-refractivity contribution in [3.63, 3.8) is 0 Å². The first kappa shape index (κ1) is 21.2. The van der Waals surface area contributed by atoms with Crippen LogP contribution in [-0.2, 0) is 17.9 Å². The van der Waals surface area contributed by atoms with Gasteiger partial charge in [0.1, 0.15) is 5.82 Å². The summed E-state index contributed by atoms with van der Waals surface area (Å²) in [6.45, 7) is 1.10. The van der Waals surface area contributed by atoms with Gasteiger partial charge in [-0.2, -0.15) is 9.90 Å². The molecule has 4 aromatic rings. The molecule has 9 heteroatoms. The number of rotatable bonds is 9. The summed E-state index contributed by atoms with van der Waals surface area (Å²) in [6, 6.07) is 19.8. The zero-order valence-corrected chi connectivity index (χ0v) is 18.2. The van der Waals surface area contributed by atoms with Crippen LogP contribution < -0.4 is 10.2 Å². The normalized spacial score (nSPS) is 10.8. The van der Waals surface area contributed by atoms with Crippen LogP contribution in [0.25, 0.3) is 11.4 Å². The maximum Gasteiger partial charge on any atom is 0.225 e. The lowest BCUT2D eigenvalue weighted by Crippen LogP contribution is -2.17. The third-order valence-electron chi connectivity index (χ3n) is 5.02. The van der Waals surface area contributed by atoms with Gasteiger partial charge in [-0.1, -0.05) is 42.5 Å². The van der Waals surface area contributed by atoms with E-state index in [0.29, 0.717) is 37.6 Å². The van der Waals surface area contributed by atoms with Crippen LogP contribution in [0, 0.1) is 0 Å². The highest BCUT2D eigenvalue weighted by Gasteiger charge is 2.10. The van der Waals surface area contributed by atoms with Crippen molar-refractivity contribution in [2.24, 2.45) is 0 Å². The standard InChI is InChI=1S/C23H26N8O/c1-29(2)20-12-10-18(11-13-20)17-30-21(14-15-24-30)25-22(32)9-6-16-31-27-23(26-28-31)19-7-4-3-5-8-19/h3-5,7-8,10-15H,6,9,16-17H2,1-2H3,(H,25,32). The molecule has 2 aromatic carbocycles. The fraction of sp³-hybridized carbons (Fsp3) is 0.261. The zero-order valence-electron chi connectivity index (χ0n) is 18.2. The zero-order chi connectivity index (χ0) is 22.3. The van der Waals surface area contributed by atoms with E-state index in [4.69, 9.17) is 0 Å². The number of hydrogen-bond acceptors (Lipinski definition) is 6. The maximum absolute atomic E-state index is 12.4. The van der Waals surface area contributed by atoms with Gasteiger partial charge < -0.3 is 10.2 Å². The summed E-state index contributed by atoms with van der Waals surface area (Å²) in [5.41, 5.74) is 3.17. The van der Waals surface area contributed by atoms with Crippen molar-refractivity contribution in [2.75, 3.05) is 24.3 Å². The third-order valence-corrected chi connectivity index (χ3v) is 5.02. The van der Waals surface area contributed by atoms with Crippen LogP contribution in [0.5, 0.6) is 0 Å². The van der Waals surface area contributed by atoms with Crippen molar-refractivity contribution in [2.45, 2.75) is 25.9 Å². The predicted molar refractivity (Wildman–Crippen MR) is 123 cm³/mol. The fourth-order valence-corrected chi connectivity index (χ4v) is 3.26. The quantitative estimate of drug-likeness (QED) is 0.439. The second-order valence-corrected chi connectivity index (χ2v) is 7.66. The Labute approximate surface area is 186 Å². The Hall–Kier alpha value is -4.01. The number of aromatic nitrogens is 6. The van der Waals surface area contributed by atoms with Gasteiger partial charge in [0, 0.05) is 37.8 Å². The van der Waals surface area contributed by atoms with E-state index in [1.165, 1.54) is 4.80 Å². The Kier molecular flexibility index (Phi) is 6.54. The summed E-state index contributed by atoms with van der Waals surface area (Å²) >= 11 is 0. The molecule has 1 N–H and O–H groups in total. The van der Waals surface area contributed by atoms with Crippen molar-refractivity contribution in [1.29, 1.82) is 0 Å². The average Bonchev–Trinajstić information content (AvgIpc) is 3.45. The molecule has 4 rings (SSSR count). The molecule has 0 bridgehead atoms. The van der Waals surface area contributed by atoms with Crippen LogP contribution in [0.4, 0.5) is 11.5 Å². The van der Waals surface area contributed by atoms with Gasteiger partial charge in [-0.25, -0.2) is 4.68 Å². The number of nitrogens with zero attached hydrogens (tertiary/aromatic N) is 7. The van der Waals surface area contributed by atoms with Crippen LogP contribution >= 0.6 is 0 Å². The summed E-state index contributed by atoms with van der Waals surface area (Å²) in [5, 5.41) is 19.8. The van der Waals surface area contributed by atoms with Gasteiger partial charge in [-0.05, 0) is 29.3 Å². The molecule has 0 spiro atoms. The first-order chi connectivity index (χ1) is 15.6. The molecule has 0 unspecified atom stereocenters. The molecular weight excluding hydrogens is 404 g/mol.